The first-order chi connectivity index (χ1) is 8.99. The van der Waals surface area contributed by atoms with E-state index in [0.29, 0.717) is 13.0 Å². The molecule has 5 heteroatoms. The summed E-state index contributed by atoms with van der Waals surface area (Å²) in [6, 6.07) is 7.84. The maximum Gasteiger partial charge on any atom is 0.228 e. The molecule has 0 saturated carbocycles. The standard InChI is InChI=1S/C14H18N2O2S/c1-10(17)19-11-8-14(18)16(9-11)13-7-5-4-6-12(13)15(2)3/h4-7,11H,8-9H2,1-3H3. The molecular weight excluding hydrogens is 260 g/mol. The van der Waals surface area contributed by atoms with Crippen LogP contribution < -0.4 is 9.80 Å². The molecule has 0 aliphatic carbocycles. The van der Waals surface area contributed by atoms with Crippen LogP contribution in [0.25, 0.3) is 0 Å². The third-order valence-electron chi connectivity index (χ3n) is 3.08. The fourth-order valence-corrected chi connectivity index (χ4v) is 3.21. The Hall–Kier alpha value is -1.49. The number of hydrogen-bond acceptors (Lipinski definition) is 4. The number of amides is 1. The van der Waals surface area contributed by atoms with Crippen LogP contribution in [0.2, 0.25) is 0 Å². The molecule has 1 aliphatic heterocycles. The van der Waals surface area contributed by atoms with Crippen LogP contribution in [-0.2, 0) is 9.59 Å². The Morgan fingerprint density at radius 2 is 2.05 bits per heavy atom. The van der Waals surface area contributed by atoms with Crippen molar-refractivity contribution in [2.45, 2.75) is 18.6 Å². The minimum Gasteiger partial charge on any atom is -0.376 e. The van der Waals surface area contributed by atoms with Crippen LogP contribution in [-0.4, -0.2) is 36.9 Å². The van der Waals surface area contributed by atoms with E-state index in [1.807, 2.05) is 43.3 Å². The minimum absolute atomic E-state index is 0.0696. The zero-order valence-electron chi connectivity index (χ0n) is 11.4. The molecule has 1 amide bonds. The Balaban J connectivity index is 2.23. The second-order valence-corrected chi connectivity index (χ2v) is 6.30. The molecule has 1 aromatic carbocycles. The van der Waals surface area contributed by atoms with Crippen LogP contribution in [0.1, 0.15) is 13.3 Å². The Bertz CT molecular complexity index is 502. The summed E-state index contributed by atoms with van der Waals surface area (Å²) >= 11 is 1.26. The summed E-state index contributed by atoms with van der Waals surface area (Å²) in [6.07, 6.45) is 0.437. The van der Waals surface area contributed by atoms with Crippen LogP contribution in [0, 0.1) is 0 Å². The number of carbonyl (C=O) groups is 2. The molecule has 0 spiro atoms. The van der Waals surface area contributed by atoms with Gasteiger partial charge in [0.15, 0.2) is 5.12 Å². The van der Waals surface area contributed by atoms with Gasteiger partial charge in [0.1, 0.15) is 0 Å². The van der Waals surface area contributed by atoms with E-state index in [9.17, 15) is 9.59 Å². The number of rotatable bonds is 3. The summed E-state index contributed by atoms with van der Waals surface area (Å²) in [4.78, 5) is 27.1. The van der Waals surface area contributed by atoms with Crippen LogP contribution in [0.4, 0.5) is 11.4 Å². The molecule has 1 fully saturated rings. The lowest BCUT2D eigenvalue weighted by atomic mass is 10.2. The van der Waals surface area contributed by atoms with Gasteiger partial charge in [-0.15, -0.1) is 0 Å². The van der Waals surface area contributed by atoms with Gasteiger partial charge in [-0.2, -0.15) is 0 Å². The summed E-state index contributed by atoms with van der Waals surface area (Å²) in [5.41, 5.74) is 1.94. The Labute approximate surface area is 117 Å². The normalized spacial score (nSPS) is 18.8. The molecule has 0 aromatic heterocycles. The van der Waals surface area contributed by atoms with Crippen molar-refractivity contribution in [3.05, 3.63) is 24.3 Å². The number of para-hydroxylation sites is 2. The number of nitrogens with zero attached hydrogens (tertiary/aromatic N) is 2. The van der Waals surface area contributed by atoms with E-state index in [4.69, 9.17) is 0 Å². The highest BCUT2D eigenvalue weighted by Gasteiger charge is 2.33. The second kappa shape index (κ2) is 5.65. The molecule has 1 heterocycles. The molecule has 19 heavy (non-hydrogen) atoms. The fourth-order valence-electron chi connectivity index (χ4n) is 2.29. The number of carbonyl (C=O) groups excluding carboxylic acids is 2. The van der Waals surface area contributed by atoms with Gasteiger partial charge in [-0.1, -0.05) is 23.9 Å². The van der Waals surface area contributed by atoms with Crippen molar-refractivity contribution in [3.8, 4) is 0 Å². The van der Waals surface area contributed by atoms with Crippen molar-refractivity contribution in [1.82, 2.24) is 0 Å². The maximum absolute atomic E-state index is 12.1. The predicted molar refractivity (Wildman–Crippen MR) is 79.8 cm³/mol. The maximum atomic E-state index is 12.1. The number of anilines is 2. The first-order valence-corrected chi connectivity index (χ1v) is 7.11. The average Bonchev–Trinajstić information content (AvgIpc) is 2.69. The smallest absolute Gasteiger partial charge is 0.228 e. The van der Waals surface area contributed by atoms with E-state index in [-0.39, 0.29) is 16.3 Å². The largest absolute Gasteiger partial charge is 0.376 e. The molecule has 1 unspecified atom stereocenters. The van der Waals surface area contributed by atoms with E-state index in [1.165, 1.54) is 11.8 Å². The molecule has 102 valence electrons. The molecule has 0 radical (unpaired) electrons. The third-order valence-corrected chi connectivity index (χ3v) is 4.06. The van der Waals surface area contributed by atoms with Crippen molar-refractivity contribution >= 4 is 34.2 Å². The zero-order chi connectivity index (χ0) is 14.0. The Kier molecular flexibility index (Phi) is 4.14. The molecule has 1 atom stereocenters. The van der Waals surface area contributed by atoms with Gasteiger partial charge in [-0.25, -0.2) is 0 Å². The summed E-state index contributed by atoms with van der Waals surface area (Å²) < 4.78 is 0. The highest BCUT2D eigenvalue weighted by Crippen LogP contribution is 2.34. The molecular formula is C14H18N2O2S. The Morgan fingerprint density at radius 3 is 2.68 bits per heavy atom. The van der Waals surface area contributed by atoms with E-state index >= 15 is 0 Å². The molecule has 1 saturated heterocycles. The van der Waals surface area contributed by atoms with E-state index in [2.05, 4.69) is 0 Å². The molecule has 0 N–H and O–H groups in total. The molecule has 4 nitrogen and oxygen atoms in total. The van der Waals surface area contributed by atoms with Gasteiger partial charge in [0, 0.05) is 39.2 Å². The molecule has 1 aliphatic rings. The number of benzene rings is 1. The molecule has 2 rings (SSSR count). The summed E-state index contributed by atoms with van der Waals surface area (Å²) in [5, 5.41) is 0.140. The average molecular weight is 278 g/mol. The quantitative estimate of drug-likeness (QED) is 0.849. The summed E-state index contributed by atoms with van der Waals surface area (Å²) in [6.45, 7) is 2.15. The van der Waals surface area contributed by atoms with Crippen molar-refractivity contribution in [3.63, 3.8) is 0 Å². The lowest BCUT2D eigenvalue weighted by Crippen LogP contribution is -2.27. The van der Waals surface area contributed by atoms with Crippen molar-refractivity contribution in [2.75, 3.05) is 30.4 Å². The minimum atomic E-state index is 0.0696. The Morgan fingerprint density at radius 1 is 1.37 bits per heavy atom. The second-order valence-electron chi connectivity index (χ2n) is 4.82. The van der Waals surface area contributed by atoms with E-state index < -0.39 is 0 Å². The first-order valence-electron chi connectivity index (χ1n) is 6.23. The van der Waals surface area contributed by atoms with Crippen LogP contribution in [0.3, 0.4) is 0 Å². The van der Waals surface area contributed by atoms with Crippen molar-refractivity contribution in [1.29, 1.82) is 0 Å². The van der Waals surface area contributed by atoms with Gasteiger partial charge < -0.3 is 9.80 Å². The summed E-state index contributed by atoms with van der Waals surface area (Å²) in [5.74, 6) is 0.0908. The van der Waals surface area contributed by atoms with Gasteiger partial charge in [-0.3, -0.25) is 9.59 Å². The summed E-state index contributed by atoms with van der Waals surface area (Å²) in [7, 11) is 3.92. The monoisotopic (exact) mass is 278 g/mol. The van der Waals surface area contributed by atoms with E-state index in [1.54, 1.807) is 11.8 Å². The third kappa shape index (κ3) is 3.10. The lowest BCUT2D eigenvalue weighted by molar-refractivity contribution is -0.117. The fraction of sp³-hybridized carbons (Fsp3) is 0.429. The van der Waals surface area contributed by atoms with Crippen LogP contribution >= 0.6 is 11.8 Å². The van der Waals surface area contributed by atoms with Crippen LogP contribution in [0.15, 0.2) is 24.3 Å². The van der Waals surface area contributed by atoms with Gasteiger partial charge in [0.25, 0.3) is 0 Å². The topological polar surface area (TPSA) is 40.6 Å². The SMILES string of the molecule is CC(=O)SC1CC(=O)N(c2ccccc2N(C)C)C1. The predicted octanol–water partition coefficient (Wildman–Crippen LogP) is 2.14. The van der Waals surface area contributed by atoms with Crippen LogP contribution in [0.5, 0.6) is 0 Å². The van der Waals surface area contributed by atoms with Gasteiger partial charge >= 0.3 is 0 Å². The van der Waals surface area contributed by atoms with Gasteiger partial charge in [-0.05, 0) is 12.1 Å². The van der Waals surface area contributed by atoms with Gasteiger partial charge in [0.05, 0.1) is 11.4 Å². The van der Waals surface area contributed by atoms with Crippen molar-refractivity contribution in [2.24, 2.45) is 0 Å². The molecule has 1 aromatic rings. The van der Waals surface area contributed by atoms with Gasteiger partial charge in [0.2, 0.25) is 5.91 Å². The highest BCUT2D eigenvalue weighted by atomic mass is 32.2. The lowest BCUT2D eigenvalue weighted by Gasteiger charge is -2.24. The highest BCUT2D eigenvalue weighted by molar-refractivity contribution is 8.14. The number of thioether (sulfide) groups is 1. The number of hydrogen-bond donors (Lipinski definition) is 0. The first kappa shape index (κ1) is 13.9. The van der Waals surface area contributed by atoms with Crippen molar-refractivity contribution < 1.29 is 9.59 Å². The van der Waals surface area contributed by atoms with E-state index in [0.717, 1.165) is 11.4 Å². The molecule has 0 bridgehead atoms. The zero-order valence-corrected chi connectivity index (χ0v) is 12.2.